The number of hydrogen-bond acceptors (Lipinski definition) is 7. The second kappa shape index (κ2) is 8.77. The van der Waals surface area contributed by atoms with Gasteiger partial charge in [-0.05, 0) is 36.6 Å². The van der Waals surface area contributed by atoms with Gasteiger partial charge in [0.1, 0.15) is 17.1 Å². The first-order valence-corrected chi connectivity index (χ1v) is 9.30. The molecule has 0 bridgehead atoms. The lowest BCUT2D eigenvalue weighted by Crippen LogP contribution is -2.29. The van der Waals surface area contributed by atoms with Gasteiger partial charge in [0.25, 0.3) is 0 Å². The number of aryl methyl sites for hydroxylation is 1. The van der Waals surface area contributed by atoms with Crippen molar-refractivity contribution in [2.45, 2.75) is 19.8 Å². The van der Waals surface area contributed by atoms with Gasteiger partial charge in [-0.1, -0.05) is 6.07 Å². The van der Waals surface area contributed by atoms with Crippen LogP contribution in [0.3, 0.4) is 0 Å². The minimum atomic E-state index is -0.681. The first-order chi connectivity index (χ1) is 14.3. The van der Waals surface area contributed by atoms with Crippen LogP contribution in [-0.4, -0.2) is 36.9 Å². The molecule has 0 aliphatic carbocycles. The molecule has 0 fully saturated rings. The molecule has 3 N–H and O–H groups in total. The number of rotatable bonds is 7. The number of carbonyl (C=O) groups excluding carboxylic acids is 1. The Labute approximate surface area is 172 Å². The topological polar surface area (TPSA) is 118 Å². The van der Waals surface area contributed by atoms with Gasteiger partial charge in [0.2, 0.25) is 5.91 Å². The smallest absolute Gasteiger partial charge is 0.340 e. The number of nitrogens with one attached hydrogen (secondary N) is 1. The summed E-state index contributed by atoms with van der Waals surface area (Å²) >= 11 is 0. The molecule has 8 heteroatoms. The molecule has 158 valence electrons. The zero-order chi connectivity index (χ0) is 21.8. The average Bonchev–Trinajstić information content (AvgIpc) is 2.70. The molecule has 2 aromatic carbocycles. The standard InChI is InChI=1S/C22H23NO7/c1-12-15(22(27)30-19-10-14(24)9-16(25)21(12)19)11-20(26)23-7-6-13-4-5-17(28-2)18(8-13)29-3/h4-5,8-10,24-25H,6-7,11H2,1-3H3,(H,23,26). The van der Waals surface area contributed by atoms with E-state index in [9.17, 15) is 19.8 Å². The Bertz CT molecular complexity index is 1150. The monoisotopic (exact) mass is 413 g/mol. The maximum absolute atomic E-state index is 12.4. The van der Waals surface area contributed by atoms with Gasteiger partial charge in [0.15, 0.2) is 11.5 Å². The summed E-state index contributed by atoms with van der Waals surface area (Å²) in [5.74, 6) is 0.449. The lowest BCUT2D eigenvalue weighted by molar-refractivity contribution is -0.120. The fourth-order valence-corrected chi connectivity index (χ4v) is 3.32. The highest BCUT2D eigenvalue weighted by atomic mass is 16.5. The summed E-state index contributed by atoms with van der Waals surface area (Å²) in [5, 5.41) is 22.7. The van der Waals surface area contributed by atoms with E-state index >= 15 is 0 Å². The third-order valence-electron chi connectivity index (χ3n) is 4.86. The molecule has 0 aliphatic heterocycles. The molecule has 0 aliphatic rings. The number of methoxy groups -OCH3 is 2. The third kappa shape index (κ3) is 4.32. The molecule has 0 radical (unpaired) electrons. The van der Waals surface area contributed by atoms with Crippen molar-refractivity contribution in [2.24, 2.45) is 0 Å². The molecule has 0 saturated heterocycles. The summed E-state index contributed by atoms with van der Waals surface area (Å²) in [5.41, 5.74) is 0.938. The van der Waals surface area contributed by atoms with Crippen LogP contribution in [0.25, 0.3) is 11.0 Å². The highest BCUT2D eigenvalue weighted by Gasteiger charge is 2.17. The van der Waals surface area contributed by atoms with Crippen LogP contribution in [-0.2, 0) is 17.6 Å². The molecule has 0 unspecified atom stereocenters. The number of aromatic hydroxyl groups is 2. The van der Waals surface area contributed by atoms with E-state index in [-0.39, 0.29) is 35.0 Å². The van der Waals surface area contributed by atoms with Gasteiger partial charge in [-0.25, -0.2) is 4.79 Å². The van der Waals surface area contributed by atoms with Crippen LogP contribution in [0.2, 0.25) is 0 Å². The van der Waals surface area contributed by atoms with Gasteiger partial charge in [-0.2, -0.15) is 0 Å². The molecule has 1 aromatic heterocycles. The number of ether oxygens (including phenoxy) is 2. The van der Waals surface area contributed by atoms with E-state index in [4.69, 9.17) is 13.9 Å². The zero-order valence-corrected chi connectivity index (χ0v) is 16.9. The van der Waals surface area contributed by atoms with Crippen LogP contribution in [0.1, 0.15) is 16.7 Å². The minimum Gasteiger partial charge on any atom is -0.508 e. The second-order valence-electron chi connectivity index (χ2n) is 6.80. The molecule has 1 amide bonds. The van der Waals surface area contributed by atoms with Gasteiger partial charge >= 0.3 is 5.63 Å². The largest absolute Gasteiger partial charge is 0.508 e. The van der Waals surface area contributed by atoms with Gasteiger partial charge in [0.05, 0.1) is 31.6 Å². The van der Waals surface area contributed by atoms with Crippen LogP contribution in [0.4, 0.5) is 0 Å². The molecule has 8 nitrogen and oxygen atoms in total. The van der Waals surface area contributed by atoms with Crippen molar-refractivity contribution in [1.29, 1.82) is 0 Å². The number of phenolic OH excluding ortho intramolecular Hbond substituents is 2. The predicted molar refractivity (Wildman–Crippen MR) is 111 cm³/mol. The lowest BCUT2D eigenvalue weighted by atomic mass is 10.0. The van der Waals surface area contributed by atoms with Gasteiger partial charge in [-0.3, -0.25) is 4.79 Å². The van der Waals surface area contributed by atoms with E-state index in [2.05, 4.69) is 5.32 Å². The molecule has 30 heavy (non-hydrogen) atoms. The van der Waals surface area contributed by atoms with Crippen molar-refractivity contribution in [3.8, 4) is 23.0 Å². The molecule has 3 rings (SSSR count). The van der Waals surface area contributed by atoms with E-state index in [0.717, 1.165) is 11.6 Å². The summed E-state index contributed by atoms with van der Waals surface area (Å²) in [6, 6.07) is 7.92. The summed E-state index contributed by atoms with van der Waals surface area (Å²) in [7, 11) is 3.12. The summed E-state index contributed by atoms with van der Waals surface area (Å²) in [6.45, 7) is 1.99. The van der Waals surface area contributed by atoms with E-state index < -0.39 is 5.63 Å². The van der Waals surface area contributed by atoms with Crippen molar-refractivity contribution in [3.05, 3.63) is 57.4 Å². The maximum atomic E-state index is 12.4. The third-order valence-corrected chi connectivity index (χ3v) is 4.86. The summed E-state index contributed by atoms with van der Waals surface area (Å²) in [4.78, 5) is 24.7. The quantitative estimate of drug-likeness (QED) is 0.509. The highest BCUT2D eigenvalue weighted by molar-refractivity contribution is 5.89. The number of carbonyl (C=O) groups is 1. The van der Waals surface area contributed by atoms with Crippen molar-refractivity contribution >= 4 is 16.9 Å². The second-order valence-corrected chi connectivity index (χ2v) is 6.80. The number of hydrogen-bond donors (Lipinski definition) is 3. The van der Waals surface area contributed by atoms with Crippen LogP contribution in [0.5, 0.6) is 23.0 Å². The van der Waals surface area contributed by atoms with Crippen LogP contribution in [0.15, 0.2) is 39.5 Å². The Hall–Kier alpha value is -3.68. The molecule has 1 heterocycles. The van der Waals surface area contributed by atoms with Gasteiger partial charge in [0, 0.05) is 18.7 Å². The van der Waals surface area contributed by atoms with Crippen LogP contribution < -0.4 is 20.4 Å². The number of fused-ring (bicyclic) bond motifs is 1. The lowest BCUT2D eigenvalue weighted by Gasteiger charge is -2.11. The Kier molecular flexibility index (Phi) is 6.15. The molecule has 0 saturated carbocycles. The Balaban J connectivity index is 1.69. The Morgan fingerprint density at radius 2 is 1.83 bits per heavy atom. The van der Waals surface area contributed by atoms with Crippen molar-refractivity contribution in [2.75, 3.05) is 20.8 Å². The van der Waals surface area contributed by atoms with Crippen molar-refractivity contribution in [1.82, 2.24) is 5.32 Å². The highest BCUT2D eigenvalue weighted by Crippen LogP contribution is 2.32. The first kappa shape index (κ1) is 21.0. The number of phenols is 2. The van der Waals surface area contributed by atoms with Crippen LogP contribution >= 0.6 is 0 Å². The molecular weight excluding hydrogens is 390 g/mol. The average molecular weight is 413 g/mol. The summed E-state index contributed by atoms with van der Waals surface area (Å²) < 4.78 is 15.6. The minimum absolute atomic E-state index is 0.0626. The van der Waals surface area contributed by atoms with Crippen molar-refractivity contribution < 1.29 is 28.9 Å². The van der Waals surface area contributed by atoms with E-state index in [1.165, 1.54) is 6.07 Å². The normalized spacial score (nSPS) is 10.8. The molecule has 0 atom stereocenters. The fourth-order valence-electron chi connectivity index (χ4n) is 3.32. The number of benzene rings is 2. The van der Waals surface area contributed by atoms with Crippen LogP contribution in [0, 0.1) is 6.92 Å². The number of amides is 1. The maximum Gasteiger partial charge on any atom is 0.340 e. The predicted octanol–water partition coefficient (Wildman–Crippen LogP) is 2.43. The van der Waals surface area contributed by atoms with E-state index in [1.807, 2.05) is 12.1 Å². The Morgan fingerprint density at radius 3 is 2.53 bits per heavy atom. The fraction of sp³-hybridized carbons (Fsp3) is 0.273. The van der Waals surface area contributed by atoms with Crippen molar-refractivity contribution in [3.63, 3.8) is 0 Å². The van der Waals surface area contributed by atoms with E-state index in [0.29, 0.717) is 35.4 Å². The first-order valence-electron chi connectivity index (χ1n) is 9.30. The summed E-state index contributed by atoms with van der Waals surface area (Å²) in [6.07, 6.45) is 0.383. The SMILES string of the molecule is COc1ccc(CCNC(=O)Cc2c(C)c3c(O)cc(O)cc3oc2=O)cc1OC. The van der Waals surface area contributed by atoms with Gasteiger partial charge < -0.3 is 29.4 Å². The van der Waals surface area contributed by atoms with E-state index in [1.54, 1.807) is 27.2 Å². The Morgan fingerprint density at radius 1 is 1.10 bits per heavy atom. The molecular formula is C22H23NO7. The molecule has 3 aromatic rings. The van der Waals surface area contributed by atoms with Gasteiger partial charge in [-0.15, -0.1) is 0 Å². The molecule has 0 spiro atoms. The zero-order valence-electron chi connectivity index (χ0n) is 16.9.